The fourth-order valence-electron chi connectivity index (χ4n) is 5.28. The smallest absolute Gasteiger partial charge is 0.410 e. The SMILES string of the molecule is CC(C)(C)[Si](C)(C)O[C@H]1[C@@H](O[Si](C)(C)C(C)(C)C)CN(C(=O)OCC2c3ccccc3-c3ccccc32)[C@@H]1CO. The van der Waals surface area contributed by atoms with Crippen LogP contribution < -0.4 is 0 Å². The van der Waals surface area contributed by atoms with E-state index in [9.17, 15) is 9.90 Å². The molecule has 1 heterocycles. The molecule has 1 amide bonds. The number of nitrogens with zero attached hydrogens (tertiary/aromatic N) is 1. The van der Waals surface area contributed by atoms with Crippen LogP contribution in [0, 0.1) is 0 Å². The molecule has 6 nitrogen and oxygen atoms in total. The molecule has 8 heteroatoms. The van der Waals surface area contributed by atoms with Gasteiger partial charge < -0.3 is 18.7 Å². The molecule has 0 spiro atoms. The standard InChI is InChI=1S/C32H49NO5Si2/c1-31(2,3)39(7,8)37-28-19-33(27(20-34)29(28)38-40(9,10)32(4,5)6)30(35)36-21-26-24-17-13-11-15-22(24)23-16-12-14-18-25(23)26/h11-18,26-29,34H,19-21H2,1-10H3/t27-,28+,29-/m1/s1. The minimum Gasteiger partial charge on any atom is -0.448 e. The fraction of sp³-hybridized carbons (Fsp3) is 0.594. The number of aliphatic hydroxyl groups excluding tert-OH is 1. The van der Waals surface area contributed by atoms with Crippen molar-refractivity contribution in [2.24, 2.45) is 0 Å². The van der Waals surface area contributed by atoms with Gasteiger partial charge in [0.15, 0.2) is 16.6 Å². The van der Waals surface area contributed by atoms with Crippen LogP contribution in [-0.2, 0) is 13.6 Å². The molecule has 0 radical (unpaired) electrons. The third kappa shape index (κ3) is 5.83. The Balaban J connectivity index is 1.58. The zero-order chi connectivity index (χ0) is 29.7. The summed E-state index contributed by atoms with van der Waals surface area (Å²) in [5.41, 5.74) is 4.74. The number of hydrogen-bond donors (Lipinski definition) is 1. The molecular formula is C32H49NO5Si2. The molecule has 220 valence electrons. The van der Waals surface area contributed by atoms with Gasteiger partial charge in [0.05, 0.1) is 31.4 Å². The number of hydrogen-bond acceptors (Lipinski definition) is 5. The highest BCUT2D eigenvalue weighted by Gasteiger charge is 2.53. The highest BCUT2D eigenvalue weighted by Crippen LogP contribution is 2.45. The lowest BCUT2D eigenvalue weighted by Crippen LogP contribution is -2.54. The van der Waals surface area contributed by atoms with Crippen LogP contribution in [0.5, 0.6) is 0 Å². The van der Waals surface area contributed by atoms with Crippen LogP contribution in [-0.4, -0.2) is 70.7 Å². The van der Waals surface area contributed by atoms with E-state index in [1.165, 1.54) is 22.3 Å². The van der Waals surface area contributed by atoms with E-state index in [2.05, 4.69) is 92.0 Å². The van der Waals surface area contributed by atoms with Crippen molar-refractivity contribution in [3.05, 3.63) is 59.7 Å². The van der Waals surface area contributed by atoms with Gasteiger partial charge in [-0.3, -0.25) is 4.90 Å². The number of aliphatic hydroxyl groups is 1. The molecule has 1 fully saturated rings. The molecule has 0 unspecified atom stereocenters. The van der Waals surface area contributed by atoms with Gasteiger partial charge in [0, 0.05) is 5.92 Å². The number of fused-ring (bicyclic) bond motifs is 3. The summed E-state index contributed by atoms with van der Waals surface area (Å²) in [7, 11) is -4.41. The van der Waals surface area contributed by atoms with E-state index in [0.29, 0.717) is 6.54 Å². The summed E-state index contributed by atoms with van der Waals surface area (Å²) in [5, 5.41) is 10.6. The normalized spacial score (nSPS) is 21.9. The van der Waals surface area contributed by atoms with E-state index in [1.54, 1.807) is 4.90 Å². The average molecular weight is 584 g/mol. The predicted octanol–water partition coefficient (Wildman–Crippen LogP) is 7.39. The second kappa shape index (κ2) is 11.0. The maximum atomic E-state index is 13.7. The Morgan fingerprint density at radius 2 is 1.32 bits per heavy atom. The molecule has 40 heavy (non-hydrogen) atoms. The number of carbonyl (C=O) groups excluding carboxylic acids is 1. The van der Waals surface area contributed by atoms with Gasteiger partial charge >= 0.3 is 6.09 Å². The van der Waals surface area contributed by atoms with Crippen LogP contribution in [0.25, 0.3) is 11.1 Å². The number of rotatable bonds is 7. The lowest BCUT2D eigenvalue weighted by molar-refractivity contribution is 0.0310. The first-order valence-electron chi connectivity index (χ1n) is 14.6. The van der Waals surface area contributed by atoms with Crippen molar-refractivity contribution in [3.63, 3.8) is 0 Å². The first-order chi connectivity index (χ1) is 18.5. The Kier molecular flexibility index (Phi) is 8.53. The van der Waals surface area contributed by atoms with Crippen molar-refractivity contribution in [2.75, 3.05) is 19.8 Å². The monoisotopic (exact) mass is 583 g/mol. The minimum atomic E-state index is -2.23. The summed E-state index contributed by atoms with van der Waals surface area (Å²) in [5.74, 6) is -0.0231. The highest BCUT2D eigenvalue weighted by molar-refractivity contribution is 6.74. The molecule has 0 saturated carbocycles. The van der Waals surface area contributed by atoms with E-state index < -0.39 is 34.9 Å². The number of carbonyl (C=O) groups is 1. The predicted molar refractivity (Wildman–Crippen MR) is 167 cm³/mol. The second-order valence-electron chi connectivity index (χ2n) is 14.5. The van der Waals surface area contributed by atoms with Gasteiger partial charge in [-0.15, -0.1) is 0 Å². The molecule has 0 aromatic heterocycles. The van der Waals surface area contributed by atoms with Crippen molar-refractivity contribution in [3.8, 4) is 11.1 Å². The number of ether oxygens (including phenoxy) is 1. The minimum absolute atomic E-state index is 0.000416. The van der Waals surface area contributed by atoms with E-state index in [1.807, 2.05) is 24.3 Å². The maximum absolute atomic E-state index is 13.7. The molecule has 4 rings (SSSR count). The van der Waals surface area contributed by atoms with Crippen LogP contribution in [0.15, 0.2) is 48.5 Å². The zero-order valence-electron chi connectivity index (χ0n) is 26.1. The van der Waals surface area contributed by atoms with Crippen molar-refractivity contribution in [2.45, 2.75) is 102 Å². The van der Waals surface area contributed by atoms with Crippen LogP contribution in [0.4, 0.5) is 4.79 Å². The molecule has 1 N–H and O–H groups in total. The summed E-state index contributed by atoms with van der Waals surface area (Å²) in [6.45, 7) is 22.5. The largest absolute Gasteiger partial charge is 0.448 e. The zero-order valence-corrected chi connectivity index (χ0v) is 28.1. The van der Waals surface area contributed by atoms with Gasteiger partial charge in [-0.2, -0.15) is 0 Å². The van der Waals surface area contributed by atoms with Crippen LogP contribution in [0.2, 0.25) is 36.3 Å². The molecule has 1 saturated heterocycles. The van der Waals surface area contributed by atoms with Crippen molar-refractivity contribution >= 4 is 22.7 Å². The summed E-state index contributed by atoms with van der Waals surface area (Å²) < 4.78 is 19.8. The van der Waals surface area contributed by atoms with Crippen LogP contribution in [0.3, 0.4) is 0 Å². The fourth-order valence-corrected chi connectivity index (χ4v) is 7.94. The third-order valence-corrected chi connectivity index (χ3v) is 18.7. The molecule has 3 atom stereocenters. The van der Waals surface area contributed by atoms with E-state index in [-0.39, 0.29) is 35.3 Å². The van der Waals surface area contributed by atoms with Gasteiger partial charge in [0.1, 0.15) is 6.61 Å². The average Bonchev–Trinajstić information content (AvgIpc) is 3.35. The first kappa shape index (κ1) is 31.0. The van der Waals surface area contributed by atoms with Crippen LogP contribution in [0.1, 0.15) is 58.6 Å². The lowest BCUT2D eigenvalue weighted by Gasteiger charge is -2.43. The van der Waals surface area contributed by atoms with Gasteiger partial charge in [0.25, 0.3) is 0 Å². The van der Waals surface area contributed by atoms with Crippen molar-refractivity contribution in [1.82, 2.24) is 4.90 Å². The van der Waals surface area contributed by atoms with Gasteiger partial charge in [-0.05, 0) is 58.5 Å². The molecule has 1 aliphatic carbocycles. The molecule has 1 aliphatic heterocycles. The second-order valence-corrected chi connectivity index (χ2v) is 24.0. The quantitative estimate of drug-likeness (QED) is 0.344. The highest BCUT2D eigenvalue weighted by atomic mass is 28.4. The van der Waals surface area contributed by atoms with E-state index in [0.717, 1.165) is 0 Å². The van der Waals surface area contributed by atoms with Gasteiger partial charge in [-0.25, -0.2) is 4.79 Å². The molecule has 2 aromatic carbocycles. The number of likely N-dealkylation sites (tertiary alicyclic amines) is 1. The maximum Gasteiger partial charge on any atom is 0.410 e. The van der Waals surface area contributed by atoms with Crippen molar-refractivity contribution in [1.29, 1.82) is 0 Å². The van der Waals surface area contributed by atoms with E-state index >= 15 is 0 Å². The molecule has 2 aromatic rings. The Morgan fingerprint density at radius 1 is 0.850 bits per heavy atom. The summed E-state index contributed by atoms with van der Waals surface area (Å²) in [4.78, 5) is 15.4. The Bertz CT molecular complexity index is 1170. The van der Waals surface area contributed by atoms with Gasteiger partial charge in [-0.1, -0.05) is 90.1 Å². The van der Waals surface area contributed by atoms with E-state index in [4.69, 9.17) is 13.6 Å². The number of amides is 1. The van der Waals surface area contributed by atoms with Crippen molar-refractivity contribution < 1.29 is 23.5 Å². The topological polar surface area (TPSA) is 68.2 Å². The summed E-state index contributed by atoms with van der Waals surface area (Å²) >= 11 is 0. The summed E-state index contributed by atoms with van der Waals surface area (Å²) in [6, 6.07) is 16.1. The number of benzene rings is 2. The molecular weight excluding hydrogens is 535 g/mol. The molecule has 0 bridgehead atoms. The van der Waals surface area contributed by atoms with Crippen LogP contribution >= 0.6 is 0 Å². The third-order valence-electron chi connectivity index (χ3n) is 9.77. The lowest BCUT2D eigenvalue weighted by atomic mass is 9.98. The Labute approximate surface area is 243 Å². The Hall–Kier alpha value is -1.98. The first-order valence-corrected chi connectivity index (χ1v) is 20.4. The van der Waals surface area contributed by atoms with Gasteiger partial charge in [0.2, 0.25) is 0 Å². The molecule has 2 aliphatic rings. The summed E-state index contributed by atoms with van der Waals surface area (Å²) in [6.07, 6.45) is -1.17. The Morgan fingerprint density at radius 3 is 1.80 bits per heavy atom.